The molecule has 9 heteroatoms. The highest BCUT2D eigenvalue weighted by Crippen LogP contribution is 2.47. The lowest BCUT2D eigenvalue weighted by atomic mass is 9.82. The van der Waals surface area contributed by atoms with Crippen molar-refractivity contribution in [2.45, 2.75) is 32.9 Å². The topological polar surface area (TPSA) is 103 Å². The molecule has 190 valence electrons. The number of hydrogen-bond donors (Lipinski definition) is 2. The van der Waals surface area contributed by atoms with Crippen molar-refractivity contribution >= 4 is 39.3 Å². The van der Waals surface area contributed by atoms with Gasteiger partial charge in [0.05, 0.1) is 28.7 Å². The summed E-state index contributed by atoms with van der Waals surface area (Å²) < 4.78 is 10.1. The minimum absolute atomic E-state index is 0.0354. The van der Waals surface area contributed by atoms with Gasteiger partial charge in [-0.25, -0.2) is 0 Å². The Kier molecular flexibility index (Phi) is 5.01. The molecule has 2 N–H and O–H groups in total. The highest BCUT2D eigenvalue weighted by atomic mass is 16.5. The second-order valence-electron chi connectivity index (χ2n) is 9.78. The first-order chi connectivity index (χ1) is 18.5. The van der Waals surface area contributed by atoms with E-state index in [0.717, 1.165) is 63.6 Å². The van der Waals surface area contributed by atoms with Crippen molar-refractivity contribution in [2.75, 3.05) is 11.9 Å². The Bertz CT molecular complexity index is 1780. The number of amides is 2. The van der Waals surface area contributed by atoms with Crippen LogP contribution in [0.25, 0.3) is 32.9 Å². The molecule has 0 spiro atoms. The lowest BCUT2D eigenvalue weighted by Crippen LogP contribution is -2.20. The second-order valence-corrected chi connectivity index (χ2v) is 9.78. The monoisotopic (exact) mass is 506 g/mol. The number of pyridine rings is 1. The number of ether oxygens (including phenoxy) is 1. The molecule has 1 aliphatic heterocycles. The number of aryl methyl sites for hydroxylation is 4. The summed E-state index contributed by atoms with van der Waals surface area (Å²) in [6.07, 6.45) is 6.94. The Hall–Kier alpha value is -4.66. The third-order valence-corrected chi connectivity index (χ3v) is 7.55. The number of rotatable bonds is 5. The Labute approximate surface area is 218 Å². The van der Waals surface area contributed by atoms with E-state index >= 15 is 0 Å². The molecular formula is C29H26N6O3. The number of carbonyl (C=O) groups is 2. The van der Waals surface area contributed by atoms with E-state index in [-0.39, 0.29) is 18.4 Å². The summed E-state index contributed by atoms with van der Waals surface area (Å²) >= 11 is 0. The number of benzene rings is 2. The van der Waals surface area contributed by atoms with Crippen molar-refractivity contribution in [3.05, 3.63) is 71.3 Å². The molecule has 38 heavy (non-hydrogen) atoms. The van der Waals surface area contributed by atoms with Gasteiger partial charge in [0.15, 0.2) is 6.61 Å². The Morgan fingerprint density at radius 2 is 2.08 bits per heavy atom. The first-order valence-electron chi connectivity index (χ1n) is 12.8. The van der Waals surface area contributed by atoms with Gasteiger partial charge >= 0.3 is 0 Å². The molecule has 5 aromatic rings. The van der Waals surface area contributed by atoms with E-state index in [1.807, 2.05) is 30.1 Å². The summed E-state index contributed by atoms with van der Waals surface area (Å²) in [4.78, 5) is 29.6. The zero-order valence-electron chi connectivity index (χ0n) is 21.2. The molecule has 4 heterocycles. The third kappa shape index (κ3) is 3.31. The molecular weight excluding hydrogens is 480 g/mol. The van der Waals surface area contributed by atoms with Gasteiger partial charge in [0.1, 0.15) is 5.75 Å². The molecule has 7 rings (SSSR count). The number of aromatic nitrogens is 4. The molecule has 1 aliphatic carbocycles. The fraction of sp³-hybridized carbons (Fsp3) is 0.241. The standard InChI is InChI=1S/C29H26N6O3/c1-3-35-23-9-6-17(38-15-24(36)32-16-5-4-10-30-12-16)11-19(23)26-20-13-31-29(37)27(20)25-18(28(26)35)7-8-22-21(25)14-34(2)33-22/h4-6,9-12,14H,3,7-8,13,15H2,1-2H3,(H,31,37)(H,32,36). The molecule has 2 aromatic carbocycles. The van der Waals surface area contributed by atoms with Crippen molar-refractivity contribution in [1.82, 2.24) is 24.6 Å². The van der Waals surface area contributed by atoms with Crippen LogP contribution in [0, 0.1) is 0 Å². The minimum atomic E-state index is -0.258. The van der Waals surface area contributed by atoms with Crippen molar-refractivity contribution in [1.29, 1.82) is 0 Å². The molecule has 0 fully saturated rings. The maximum absolute atomic E-state index is 13.2. The highest BCUT2D eigenvalue weighted by Gasteiger charge is 2.35. The van der Waals surface area contributed by atoms with Crippen LogP contribution < -0.4 is 15.4 Å². The van der Waals surface area contributed by atoms with Gasteiger partial charge < -0.3 is 19.9 Å². The van der Waals surface area contributed by atoms with Crippen LogP contribution in [0.5, 0.6) is 5.75 Å². The smallest absolute Gasteiger partial charge is 0.262 e. The summed E-state index contributed by atoms with van der Waals surface area (Å²) in [5, 5.41) is 12.6. The van der Waals surface area contributed by atoms with Crippen molar-refractivity contribution in [3.8, 4) is 16.9 Å². The quantitative estimate of drug-likeness (QED) is 0.376. The average Bonchev–Trinajstić information content (AvgIpc) is 3.59. The first-order valence-corrected chi connectivity index (χ1v) is 12.8. The third-order valence-electron chi connectivity index (χ3n) is 7.55. The van der Waals surface area contributed by atoms with Crippen molar-refractivity contribution < 1.29 is 14.3 Å². The number of anilines is 1. The summed E-state index contributed by atoms with van der Waals surface area (Å²) in [7, 11) is 1.93. The molecule has 0 saturated heterocycles. The second kappa shape index (κ2) is 8.44. The number of hydrogen-bond acceptors (Lipinski definition) is 5. The number of nitrogens with one attached hydrogen (secondary N) is 2. The highest BCUT2D eigenvalue weighted by molar-refractivity contribution is 6.19. The van der Waals surface area contributed by atoms with Gasteiger partial charge in [-0.05, 0) is 61.2 Å². The normalized spacial score (nSPS) is 13.8. The van der Waals surface area contributed by atoms with E-state index in [1.165, 1.54) is 11.1 Å². The zero-order chi connectivity index (χ0) is 26.0. The van der Waals surface area contributed by atoms with Crippen LogP contribution in [0.1, 0.15) is 34.1 Å². The Morgan fingerprint density at radius 3 is 2.89 bits per heavy atom. The predicted octanol–water partition coefficient (Wildman–Crippen LogP) is 3.97. The van der Waals surface area contributed by atoms with Gasteiger partial charge in [0.25, 0.3) is 11.8 Å². The first kappa shape index (κ1) is 22.5. The maximum atomic E-state index is 13.2. The van der Waals surface area contributed by atoms with E-state index in [0.29, 0.717) is 18.0 Å². The van der Waals surface area contributed by atoms with E-state index in [9.17, 15) is 9.59 Å². The Morgan fingerprint density at radius 1 is 1.18 bits per heavy atom. The van der Waals surface area contributed by atoms with Gasteiger partial charge in [0, 0.05) is 59.9 Å². The molecule has 2 amide bonds. The van der Waals surface area contributed by atoms with Crippen LogP contribution in [0.3, 0.4) is 0 Å². The molecule has 0 bridgehead atoms. The van der Waals surface area contributed by atoms with E-state index < -0.39 is 0 Å². The fourth-order valence-corrected chi connectivity index (χ4v) is 6.10. The largest absolute Gasteiger partial charge is 0.484 e. The van der Waals surface area contributed by atoms with Gasteiger partial charge in [-0.1, -0.05) is 0 Å². The molecule has 9 nitrogen and oxygen atoms in total. The summed E-state index contributed by atoms with van der Waals surface area (Å²) in [5.41, 5.74) is 8.99. The van der Waals surface area contributed by atoms with Crippen LogP contribution >= 0.6 is 0 Å². The van der Waals surface area contributed by atoms with Crippen molar-refractivity contribution in [2.24, 2.45) is 7.05 Å². The van der Waals surface area contributed by atoms with Crippen LogP contribution in [-0.4, -0.2) is 37.8 Å². The predicted molar refractivity (Wildman–Crippen MR) is 144 cm³/mol. The van der Waals surface area contributed by atoms with E-state index in [2.05, 4.69) is 38.3 Å². The van der Waals surface area contributed by atoms with Crippen LogP contribution in [0.4, 0.5) is 5.69 Å². The molecule has 0 saturated carbocycles. The van der Waals surface area contributed by atoms with E-state index in [4.69, 9.17) is 4.74 Å². The van der Waals surface area contributed by atoms with Gasteiger partial charge in [-0.2, -0.15) is 5.10 Å². The van der Waals surface area contributed by atoms with Gasteiger partial charge in [0.2, 0.25) is 0 Å². The van der Waals surface area contributed by atoms with Crippen LogP contribution in [-0.2, 0) is 37.8 Å². The molecule has 2 aliphatic rings. The zero-order valence-corrected chi connectivity index (χ0v) is 21.2. The molecule has 3 aromatic heterocycles. The number of fused-ring (bicyclic) bond motifs is 10. The lowest BCUT2D eigenvalue weighted by Gasteiger charge is -2.21. The van der Waals surface area contributed by atoms with Crippen molar-refractivity contribution in [3.63, 3.8) is 0 Å². The average molecular weight is 507 g/mol. The molecule has 0 unspecified atom stereocenters. The summed E-state index contributed by atoms with van der Waals surface area (Å²) in [5.74, 6) is 0.310. The fourth-order valence-electron chi connectivity index (χ4n) is 6.10. The van der Waals surface area contributed by atoms with Crippen LogP contribution in [0.15, 0.2) is 48.9 Å². The Balaban J connectivity index is 1.36. The SMILES string of the molecule is CCn1c2ccc(OCC(=O)Nc3cccnc3)cc2c2c3c(c4c(c21)CCc1nn(C)cc1-4)C(=O)NC3. The molecule has 0 radical (unpaired) electrons. The molecule has 0 atom stereocenters. The summed E-state index contributed by atoms with van der Waals surface area (Å²) in [6, 6.07) is 9.49. The van der Waals surface area contributed by atoms with Gasteiger partial charge in [-0.3, -0.25) is 19.3 Å². The maximum Gasteiger partial charge on any atom is 0.262 e. The van der Waals surface area contributed by atoms with Gasteiger partial charge in [-0.15, -0.1) is 0 Å². The number of carbonyl (C=O) groups excluding carboxylic acids is 2. The number of nitrogens with zero attached hydrogens (tertiary/aromatic N) is 4. The van der Waals surface area contributed by atoms with Crippen LogP contribution in [0.2, 0.25) is 0 Å². The van der Waals surface area contributed by atoms with E-state index in [1.54, 1.807) is 24.5 Å². The summed E-state index contributed by atoms with van der Waals surface area (Å²) in [6.45, 7) is 3.30. The lowest BCUT2D eigenvalue weighted by molar-refractivity contribution is -0.118. The minimum Gasteiger partial charge on any atom is -0.484 e.